The number of hydrogen-bond acceptors (Lipinski definition) is 3. The molecule has 0 radical (unpaired) electrons. The van der Waals surface area contributed by atoms with E-state index < -0.39 is 0 Å². The lowest BCUT2D eigenvalue weighted by Gasteiger charge is -2.10. The van der Waals surface area contributed by atoms with Crippen LogP contribution in [0.1, 0.15) is 11.1 Å². The Labute approximate surface area is 131 Å². The highest BCUT2D eigenvalue weighted by Crippen LogP contribution is 2.22. The first-order valence-corrected chi connectivity index (χ1v) is 7.27. The Balaban J connectivity index is 1.94. The van der Waals surface area contributed by atoms with Crippen molar-refractivity contribution in [1.29, 1.82) is 0 Å². The van der Waals surface area contributed by atoms with Gasteiger partial charge in [0.25, 0.3) is 5.91 Å². The number of aliphatic hydroxyl groups excluding tert-OH is 1. The Bertz CT molecular complexity index is 643. The molecule has 4 nitrogen and oxygen atoms in total. The highest BCUT2D eigenvalue weighted by Gasteiger charge is 2.07. The van der Waals surface area contributed by atoms with Crippen LogP contribution < -0.4 is 10.1 Å². The summed E-state index contributed by atoms with van der Waals surface area (Å²) in [6.07, 6.45) is 0. The van der Waals surface area contributed by atoms with Gasteiger partial charge < -0.3 is 15.2 Å². The standard InChI is InChI=1S/C16H16BrNO3/c1-11-4-2-3-5-15(11)18-16(20)10-21-13-6-7-14(17)12(8-13)9-19/h2-8,19H,9-10H2,1H3,(H,18,20). The minimum atomic E-state index is -0.224. The average Bonchev–Trinajstić information content (AvgIpc) is 2.49. The molecule has 0 heterocycles. The molecule has 110 valence electrons. The van der Waals surface area contributed by atoms with E-state index in [0.29, 0.717) is 11.3 Å². The molecule has 21 heavy (non-hydrogen) atoms. The summed E-state index contributed by atoms with van der Waals surface area (Å²) in [5, 5.41) is 12.0. The molecule has 0 aromatic heterocycles. The number of anilines is 1. The van der Waals surface area contributed by atoms with E-state index in [9.17, 15) is 9.90 Å². The molecule has 0 fully saturated rings. The molecule has 0 aliphatic carbocycles. The quantitative estimate of drug-likeness (QED) is 0.870. The molecule has 0 saturated heterocycles. The van der Waals surface area contributed by atoms with Crippen LogP contribution in [0.2, 0.25) is 0 Å². The monoisotopic (exact) mass is 349 g/mol. The second-order valence-corrected chi connectivity index (χ2v) is 5.42. The normalized spacial score (nSPS) is 10.2. The number of amides is 1. The molecule has 0 unspecified atom stereocenters. The van der Waals surface area contributed by atoms with Gasteiger partial charge in [-0.15, -0.1) is 0 Å². The molecule has 0 bridgehead atoms. The van der Waals surface area contributed by atoms with Gasteiger partial charge in [-0.2, -0.15) is 0 Å². The maximum absolute atomic E-state index is 11.9. The smallest absolute Gasteiger partial charge is 0.262 e. The van der Waals surface area contributed by atoms with Crippen LogP contribution in [-0.2, 0) is 11.4 Å². The predicted molar refractivity (Wildman–Crippen MR) is 85.4 cm³/mol. The Morgan fingerprint density at radius 3 is 2.76 bits per heavy atom. The first-order chi connectivity index (χ1) is 10.1. The molecule has 5 heteroatoms. The van der Waals surface area contributed by atoms with E-state index in [2.05, 4.69) is 21.2 Å². The van der Waals surface area contributed by atoms with E-state index >= 15 is 0 Å². The van der Waals surface area contributed by atoms with Crippen molar-refractivity contribution in [2.24, 2.45) is 0 Å². The van der Waals surface area contributed by atoms with Crippen LogP contribution in [0, 0.1) is 6.92 Å². The summed E-state index contributed by atoms with van der Waals surface area (Å²) in [7, 11) is 0. The zero-order valence-corrected chi connectivity index (χ0v) is 13.2. The van der Waals surface area contributed by atoms with Crippen molar-refractivity contribution in [3.63, 3.8) is 0 Å². The minimum Gasteiger partial charge on any atom is -0.484 e. The number of nitrogens with one attached hydrogen (secondary N) is 1. The number of hydrogen-bond donors (Lipinski definition) is 2. The molecular weight excluding hydrogens is 334 g/mol. The summed E-state index contributed by atoms with van der Waals surface area (Å²) in [6.45, 7) is 1.76. The van der Waals surface area contributed by atoms with Gasteiger partial charge >= 0.3 is 0 Å². The Morgan fingerprint density at radius 2 is 2.05 bits per heavy atom. The van der Waals surface area contributed by atoms with Crippen molar-refractivity contribution >= 4 is 27.5 Å². The molecule has 2 N–H and O–H groups in total. The van der Waals surface area contributed by atoms with Crippen molar-refractivity contribution in [3.05, 3.63) is 58.1 Å². The van der Waals surface area contributed by atoms with E-state index in [1.165, 1.54) is 0 Å². The summed E-state index contributed by atoms with van der Waals surface area (Å²) >= 11 is 3.33. The van der Waals surface area contributed by atoms with Crippen molar-refractivity contribution in [1.82, 2.24) is 0 Å². The van der Waals surface area contributed by atoms with Crippen LogP contribution in [-0.4, -0.2) is 17.6 Å². The molecule has 2 aromatic carbocycles. The van der Waals surface area contributed by atoms with E-state index in [1.807, 2.05) is 31.2 Å². The summed E-state index contributed by atoms with van der Waals surface area (Å²) in [5.74, 6) is 0.319. The third-order valence-electron chi connectivity index (χ3n) is 2.98. The van der Waals surface area contributed by atoms with E-state index in [4.69, 9.17) is 4.74 Å². The molecule has 1 amide bonds. The molecule has 0 saturated carbocycles. The minimum absolute atomic E-state index is 0.0825. The lowest BCUT2D eigenvalue weighted by atomic mass is 10.2. The Kier molecular flexibility index (Phi) is 5.36. The van der Waals surface area contributed by atoms with Crippen molar-refractivity contribution < 1.29 is 14.6 Å². The number of carbonyl (C=O) groups is 1. The van der Waals surface area contributed by atoms with Gasteiger partial charge in [-0.25, -0.2) is 0 Å². The summed E-state index contributed by atoms with van der Waals surface area (Å²) < 4.78 is 6.24. The highest BCUT2D eigenvalue weighted by atomic mass is 79.9. The van der Waals surface area contributed by atoms with Crippen molar-refractivity contribution in [2.45, 2.75) is 13.5 Å². The number of benzene rings is 2. The van der Waals surface area contributed by atoms with Crippen molar-refractivity contribution in [3.8, 4) is 5.75 Å². The summed E-state index contributed by atoms with van der Waals surface area (Å²) in [4.78, 5) is 11.9. The van der Waals surface area contributed by atoms with Crippen LogP contribution in [0.25, 0.3) is 0 Å². The lowest BCUT2D eigenvalue weighted by Crippen LogP contribution is -2.20. The van der Waals surface area contributed by atoms with E-state index in [1.54, 1.807) is 18.2 Å². The number of para-hydroxylation sites is 1. The highest BCUT2D eigenvalue weighted by molar-refractivity contribution is 9.10. The van der Waals surface area contributed by atoms with Crippen LogP contribution in [0.3, 0.4) is 0 Å². The zero-order valence-electron chi connectivity index (χ0n) is 11.6. The second kappa shape index (κ2) is 7.24. The van der Waals surface area contributed by atoms with Crippen LogP contribution >= 0.6 is 15.9 Å². The molecule has 2 aromatic rings. The van der Waals surface area contributed by atoms with Gasteiger partial charge in [0.1, 0.15) is 5.75 Å². The van der Waals surface area contributed by atoms with Gasteiger partial charge in [-0.05, 0) is 42.3 Å². The Morgan fingerprint density at radius 1 is 1.29 bits per heavy atom. The summed E-state index contributed by atoms with van der Waals surface area (Å²) in [5.41, 5.74) is 2.49. The number of aryl methyl sites for hydroxylation is 1. The summed E-state index contributed by atoms with van der Waals surface area (Å²) in [6, 6.07) is 12.8. The Hall–Kier alpha value is -1.85. The molecule has 0 atom stereocenters. The first kappa shape index (κ1) is 15.5. The largest absolute Gasteiger partial charge is 0.484 e. The SMILES string of the molecule is Cc1ccccc1NC(=O)COc1ccc(Br)c(CO)c1. The first-order valence-electron chi connectivity index (χ1n) is 6.47. The van der Waals surface area contributed by atoms with Crippen LogP contribution in [0.5, 0.6) is 5.75 Å². The van der Waals surface area contributed by atoms with Gasteiger partial charge in [0.15, 0.2) is 6.61 Å². The molecule has 0 aliphatic rings. The maximum Gasteiger partial charge on any atom is 0.262 e. The van der Waals surface area contributed by atoms with Gasteiger partial charge in [0.2, 0.25) is 0 Å². The van der Waals surface area contributed by atoms with Crippen LogP contribution in [0.15, 0.2) is 46.9 Å². The average molecular weight is 350 g/mol. The fraction of sp³-hybridized carbons (Fsp3) is 0.188. The van der Waals surface area contributed by atoms with E-state index in [0.717, 1.165) is 15.7 Å². The second-order valence-electron chi connectivity index (χ2n) is 4.56. The third kappa shape index (κ3) is 4.31. The predicted octanol–water partition coefficient (Wildman–Crippen LogP) is 3.27. The molecule has 2 rings (SSSR count). The number of halogens is 1. The number of ether oxygens (including phenoxy) is 1. The number of carbonyl (C=O) groups excluding carboxylic acids is 1. The fourth-order valence-electron chi connectivity index (χ4n) is 1.81. The lowest BCUT2D eigenvalue weighted by molar-refractivity contribution is -0.118. The molecule has 0 aliphatic heterocycles. The van der Waals surface area contributed by atoms with Crippen molar-refractivity contribution in [2.75, 3.05) is 11.9 Å². The zero-order chi connectivity index (χ0) is 15.2. The molecular formula is C16H16BrNO3. The van der Waals surface area contributed by atoms with Gasteiger partial charge in [-0.3, -0.25) is 4.79 Å². The number of rotatable bonds is 5. The molecule has 0 spiro atoms. The van der Waals surface area contributed by atoms with Crippen LogP contribution in [0.4, 0.5) is 5.69 Å². The van der Waals surface area contributed by atoms with Gasteiger partial charge in [-0.1, -0.05) is 34.1 Å². The maximum atomic E-state index is 11.9. The topological polar surface area (TPSA) is 58.6 Å². The fourth-order valence-corrected chi connectivity index (χ4v) is 2.18. The van der Waals surface area contributed by atoms with Gasteiger partial charge in [0.05, 0.1) is 6.61 Å². The van der Waals surface area contributed by atoms with E-state index in [-0.39, 0.29) is 19.1 Å². The number of aliphatic hydroxyl groups is 1. The van der Waals surface area contributed by atoms with Gasteiger partial charge in [0, 0.05) is 10.2 Å². The third-order valence-corrected chi connectivity index (χ3v) is 3.75.